The van der Waals surface area contributed by atoms with Crippen LogP contribution in [0.15, 0.2) is 0 Å². The summed E-state index contributed by atoms with van der Waals surface area (Å²) in [6.07, 6.45) is 4.60. The van der Waals surface area contributed by atoms with Crippen LogP contribution < -0.4 is 5.32 Å². The van der Waals surface area contributed by atoms with Gasteiger partial charge in [0.1, 0.15) is 0 Å². The van der Waals surface area contributed by atoms with Gasteiger partial charge in [-0.3, -0.25) is 4.79 Å². The Morgan fingerprint density at radius 2 is 1.94 bits per heavy atom. The standard InChI is InChI=1S/C13H24N2O/c1-10-9-15(11(2)8-14-10)12(16)13(3)6-4-5-7-13/h10-11,14H,4-9H2,1-3H3. The summed E-state index contributed by atoms with van der Waals surface area (Å²) >= 11 is 0. The Labute approximate surface area is 98.6 Å². The molecule has 1 aliphatic heterocycles. The highest BCUT2D eigenvalue weighted by atomic mass is 16.2. The molecule has 3 nitrogen and oxygen atoms in total. The Balaban J connectivity index is 2.07. The fraction of sp³-hybridized carbons (Fsp3) is 0.923. The van der Waals surface area contributed by atoms with E-state index >= 15 is 0 Å². The van der Waals surface area contributed by atoms with E-state index in [1.165, 1.54) is 12.8 Å². The molecule has 1 saturated carbocycles. The van der Waals surface area contributed by atoms with Crippen LogP contribution in [0, 0.1) is 5.41 Å². The molecule has 1 saturated heterocycles. The van der Waals surface area contributed by atoms with E-state index in [1.54, 1.807) is 0 Å². The minimum atomic E-state index is -0.0642. The van der Waals surface area contributed by atoms with Crippen LogP contribution in [0.25, 0.3) is 0 Å². The van der Waals surface area contributed by atoms with Crippen molar-refractivity contribution in [3.8, 4) is 0 Å². The number of hydrogen-bond acceptors (Lipinski definition) is 2. The number of amides is 1. The molecule has 2 fully saturated rings. The number of nitrogens with one attached hydrogen (secondary N) is 1. The van der Waals surface area contributed by atoms with E-state index in [4.69, 9.17) is 0 Å². The molecule has 0 spiro atoms. The van der Waals surface area contributed by atoms with Gasteiger partial charge in [0.25, 0.3) is 0 Å². The Bertz CT molecular complexity index is 271. The minimum absolute atomic E-state index is 0.0642. The van der Waals surface area contributed by atoms with Gasteiger partial charge in [-0.15, -0.1) is 0 Å². The molecule has 1 amide bonds. The third-order valence-corrected chi connectivity index (χ3v) is 4.25. The monoisotopic (exact) mass is 224 g/mol. The molecule has 2 aliphatic rings. The van der Waals surface area contributed by atoms with Crippen molar-refractivity contribution >= 4 is 5.91 Å². The average Bonchev–Trinajstić information content (AvgIpc) is 2.69. The zero-order valence-electron chi connectivity index (χ0n) is 10.8. The normalized spacial score (nSPS) is 34.1. The lowest BCUT2D eigenvalue weighted by Crippen LogP contribution is -2.58. The molecule has 2 unspecified atom stereocenters. The first kappa shape index (κ1) is 11.9. The molecular formula is C13H24N2O. The Morgan fingerprint density at radius 3 is 2.56 bits per heavy atom. The van der Waals surface area contributed by atoms with Crippen molar-refractivity contribution in [1.82, 2.24) is 10.2 Å². The van der Waals surface area contributed by atoms with Crippen molar-refractivity contribution in [3.05, 3.63) is 0 Å². The van der Waals surface area contributed by atoms with Gasteiger partial charge in [-0.25, -0.2) is 0 Å². The van der Waals surface area contributed by atoms with Gasteiger partial charge < -0.3 is 10.2 Å². The summed E-state index contributed by atoms with van der Waals surface area (Å²) in [6, 6.07) is 0.784. The van der Waals surface area contributed by atoms with Gasteiger partial charge >= 0.3 is 0 Å². The van der Waals surface area contributed by atoms with E-state index < -0.39 is 0 Å². The van der Waals surface area contributed by atoms with Gasteiger partial charge in [-0.2, -0.15) is 0 Å². The van der Waals surface area contributed by atoms with Crippen LogP contribution in [0.2, 0.25) is 0 Å². The number of hydrogen-bond donors (Lipinski definition) is 1. The van der Waals surface area contributed by atoms with Gasteiger partial charge in [0.2, 0.25) is 5.91 Å². The van der Waals surface area contributed by atoms with E-state index in [1.807, 2.05) is 0 Å². The van der Waals surface area contributed by atoms with Crippen LogP contribution in [-0.2, 0) is 4.79 Å². The predicted octanol–water partition coefficient (Wildman–Crippen LogP) is 1.78. The second-order valence-corrected chi connectivity index (χ2v) is 5.88. The largest absolute Gasteiger partial charge is 0.337 e. The Hall–Kier alpha value is -0.570. The molecule has 1 aliphatic carbocycles. The molecule has 1 heterocycles. The topological polar surface area (TPSA) is 32.3 Å². The molecule has 0 aromatic carbocycles. The third kappa shape index (κ3) is 2.10. The van der Waals surface area contributed by atoms with Crippen LogP contribution in [-0.4, -0.2) is 36.0 Å². The molecule has 2 atom stereocenters. The summed E-state index contributed by atoms with van der Waals surface area (Å²) in [6.45, 7) is 8.26. The minimum Gasteiger partial charge on any atom is -0.337 e. The molecule has 0 aromatic rings. The summed E-state index contributed by atoms with van der Waals surface area (Å²) < 4.78 is 0. The van der Waals surface area contributed by atoms with Crippen molar-refractivity contribution in [2.24, 2.45) is 5.41 Å². The van der Waals surface area contributed by atoms with Crippen LogP contribution in [0.5, 0.6) is 0 Å². The maximum absolute atomic E-state index is 12.6. The lowest BCUT2D eigenvalue weighted by Gasteiger charge is -2.41. The van der Waals surface area contributed by atoms with Gasteiger partial charge in [-0.05, 0) is 26.7 Å². The van der Waals surface area contributed by atoms with E-state index in [0.29, 0.717) is 18.0 Å². The lowest BCUT2D eigenvalue weighted by atomic mass is 9.86. The van der Waals surface area contributed by atoms with E-state index in [-0.39, 0.29) is 5.41 Å². The summed E-state index contributed by atoms with van der Waals surface area (Å²) in [5.74, 6) is 0.394. The van der Waals surface area contributed by atoms with Crippen LogP contribution >= 0.6 is 0 Å². The molecule has 2 rings (SSSR count). The second kappa shape index (κ2) is 4.36. The smallest absolute Gasteiger partial charge is 0.228 e. The summed E-state index contributed by atoms with van der Waals surface area (Å²) in [5.41, 5.74) is -0.0642. The third-order valence-electron chi connectivity index (χ3n) is 4.25. The Morgan fingerprint density at radius 1 is 1.31 bits per heavy atom. The SMILES string of the molecule is CC1CN(C(=O)C2(C)CCCC2)C(C)CN1. The molecule has 0 aromatic heterocycles. The Kier molecular flexibility index (Phi) is 3.24. The van der Waals surface area contributed by atoms with Crippen molar-refractivity contribution < 1.29 is 4.79 Å². The predicted molar refractivity (Wildman–Crippen MR) is 65.2 cm³/mol. The fourth-order valence-electron chi connectivity index (χ4n) is 3.02. The highest BCUT2D eigenvalue weighted by Crippen LogP contribution is 2.39. The van der Waals surface area contributed by atoms with Gasteiger partial charge in [0, 0.05) is 30.6 Å². The number of rotatable bonds is 1. The molecular weight excluding hydrogens is 200 g/mol. The van der Waals surface area contributed by atoms with Crippen LogP contribution in [0.1, 0.15) is 46.5 Å². The van der Waals surface area contributed by atoms with Gasteiger partial charge in [0.05, 0.1) is 0 Å². The van der Waals surface area contributed by atoms with Crippen molar-refractivity contribution in [3.63, 3.8) is 0 Å². The molecule has 0 bridgehead atoms. The maximum Gasteiger partial charge on any atom is 0.228 e. The highest BCUT2D eigenvalue weighted by Gasteiger charge is 2.41. The molecule has 1 N–H and O–H groups in total. The maximum atomic E-state index is 12.6. The van der Waals surface area contributed by atoms with E-state index in [0.717, 1.165) is 25.9 Å². The molecule has 16 heavy (non-hydrogen) atoms. The fourth-order valence-corrected chi connectivity index (χ4v) is 3.02. The van der Waals surface area contributed by atoms with Crippen molar-refractivity contribution in [2.75, 3.05) is 13.1 Å². The lowest BCUT2D eigenvalue weighted by molar-refractivity contribution is -0.144. The van der Waals surface area contributed by atoms with Crippen LogP contribution in [0.4, 0.5) is 0 Å². The summed E-state index contributed by atoms with van der Waals surface area (Å²) in [5, 5.41) is 3.43. The zero-order chi connectivity index (χ0) is 11.8. The first-order valence-electron chi connectivity index (χ1n) is 6.57. The number of piperazine rings is 1. The number of carbonyl (C=O) groups excluding carboxylic acids is 1. The first-order valence-corrected chi connectivity index (χ1v) is 6.57. The van der Waals surface area contributed by atoms with Crippen molar-refractivity contribution in [2.45, 2.75) is 58.5 Å². The molecule has 92 valence electrons. The average molecular weight is 224 g/mol. The van der Waals surface area contributed by atoms with Crippen molar-refractivity contribution in [1.29, 1.82) is 0 Å². The highest BCUT2D eigenvalue weighted by molar-refractivity contribution is 5.83. The number of nitrogens with zero attached hydrogens (tertiary/aromatic N) is 1. The zero-order valence-corrected chi connectivity index (χ0v) is 10.8. The molecule has 0 radical (unpaired) electrons. The quantitative estimate of drug-likeness (QED) is 0.736. The van der Waals surface area contributed by atoms with E-state index in [2.05, 4.69) is 31.0 Å². The van der Waals surface area contributed by atoms with Gasteiger partial charge in [0.15, 0.2) is 0 Å². The first-order chi connectivity index (χ1) is 7.53. The second-order valence-electron chi connectivity index (χ2n) is 5.88. The van der Waals surface area contributed by atoms with Crippen LogP contribution in [0.3, 0.4) is 0 Å². The number of carbonyl (C=O) groups is 1. The summed E-state index contributed by atoms with van der Waals surface area (Å²) in [7, 11) is 0. The molecule has 3 heteroatoms. The van der Waals surface area contributed by atoms with E-state index in [9.17, 15) is 4.79 Å². The van der Waals surface area contributed by atoms with Gasteiger partial charge in [-0.1, -0.05) is 19.8 Å². The summed E-state index contributed by atoms with van der Waals surface area (Å²) in [4.78, 5) is 14.7.